The van der Waals surface area contributed by atoms with Crippen LogP contribution in [0.2, 0.25) is 0 Å². The Hall–Kier alpha value is -5.56. The van der Waals surface area contributed by atoms with Crippen molar-refractivity contribution in [3.05, 3.63) is 122 Å². The molecule has 0 saturated heterocycles. The fraction of sp³-hybridized carbons (Fsp3) is 0.0909. The van der Waals surface area contributed by atoms with Crippen molar-refractivity contribution in [1.82, 2.24) is 0 Å². The van der Waals surface area contributed by atoms with Crippen LogP contribution in [0.5, 0.6) is 0 Å². The van der Waals surface area contributed by atoms with Gasteiger partial charge in [-0.3, -0.25) is 0 Å². The highest BCUT2D eigenvalue weighted by molar-refractivity contribution is 6.30. The van der Waals surface area contributed by atoms with Gasteiger partial charge in [-0.2, -0.15) is 0 Å². The van der Waals surface area contributed by atoms with Crippen LogP contribution in [-0.2, 0) is 0 Å². The van der Waals surface area contributed by atoms with E-state index in [2.05, 4.69) is 0 Å². The summed E-state index contributed by atoms with van der Waals surface area (Å²) in [6, 6.07) is 0. The van der Waals surface area contributed by atoms with E-state index in [1.807, 2.05) is 0 Å². The lowest BCUT2D eigenvalue weighted by atomic mass is 9.77. The van der Waals surface area contributed by atoms with Gasteiger partial charge in [0, 0.05) is 42.0 Å². The van der Waals surface area contributed by atoms with Crippen LogP contribution in [0.25, 0.3) is 44.5 Å². The average Bonchev–Trinajstić information content (AvgIpc) is 3.16. The minimum atomic E-state index is -3.18. The molecule has 0 fully saturated rings. The summed E-state index contributed by atoms with van der Waals surface area (Å²) in [6.45, 7) is 0.343. The highest BCUT2D eigenvalue weighted by Gasteiger charge is 2.42. The standard InChI is InChI=1S/C33H9F20N.BH3O3/c1-4-5(9-13(34)21(42)29(50)22(43)14(9)35)6(10-15(36)23(44)30(51)24(45)16(10)37)7(11-17(38)25(46)31(52)26(47)18(11)39)8(33(4)54(2)3)12-19(40)27(48)32(53)28(49)20(12)41;2-1(3)4/h1-3H3;2-4H. The molecular weight excluding hydrogens is 849 g/mol. The number of anilines is 1. The molecule has 0 atom stereocenters. The summed E-state index contributed by atoms with van der Waals surface area (Å²) in [7, 11) is -0.860. The molecule has 0 unspecified atom stereocenters. The lowest BCUT2D eigenvalue weighted by molar-refractivity contribution is 0.278. The van der Waals surface area contributed by atoms with Crippen LogP contribution >= 0.6 is 0 Å². The van der Waals surface area contributed by atoms with Crippen LogP contribution in [0.15, 0.2) is 0 Å². The van der Waals surface area contributed by atoms with Gasteiger partial charge in [-0.05, 0) is 12.5 Å². The topological polar surface area (TPSA) is 63.9 Å². The maximum atomic E-state index is 15.8. The molecular formula is C33H12BF20NO3. The third kappa shape index (κ3) is 6.82. The van der Waals surface area contributed by atoms with Gasteiger partial charge in [0.05, 0.1) is 22.3 Å². The third-order valence-corrected chi connectivity index (χ3v) is 8.00. The Labute approximate surface area is 308 Å². The second kappa shape index (κ2) is 16.0. The fourth-order valence-corrected chi connectivity index (χ4v) is 5.77. The van der Waals surface area contributed by atoms with Crippen molar-refractivity contribution in [2.24, 2.45) is 0 Å². The third-order valence-electron chi connectivity index (χ3n) is 8.00. The molecule has 5 rings (SSSR count). The number of benzene rings is 5. The van der Waals surface area contributed by atoms with E-state index >= 15 is 35.1 Å². The lowest BCUT2D eigenvalue weighted by Crippen LogP contribution is -2.18. The second-order valence-corrected chi connectivity index (χ2v) is 11.5. The highest BCUT2D eigenvalue weighted by atomic mass is 19.2. The van der Waals surface area contributed by atoms with Crippen molar-refractivity contribution in [3.8, 4) is 44.5 Å². The molecule has 0 amide bonds. The first-order valence-electron chi connectivity index (χ1n) is 14.7. The molecule has 0 aliphatic carbocycles. The monoisotopic (exact) mass is 861 g/mol. The summed E-state index contributed by atoms with van der Waals surface area (Å²) in [5.41, 5.74) is -22.8. The molecule has 0 saturated carbocycles. The van der Waals surface area contributed by atoms with Gasteiger partial charge in [0.25, 0.3) is 0 Å². The minimum absolute atomic E-state index is 0.343. The highest BCUT2D eigenvalue weighted by Crippen LogP contribution is 2.57. The molecule has 0 heterocycles. The van der Waals surface area contributed by atoms with Gasteiger partial charge >= 0.3 is 7.32 Å². The van der Waals surface area contributed by atoms with Crippen LogP contribution in [-0.4, -0.2) is 36.5 Å². The van der Waals surface area contributed by atoms with E-state index in [-0.39, 0.29) is 0 Å². The average molecular weight is 861 g/mol. The van der Waals surface area contributed by atoms with Crippen LogP contribution < -0.4 is 4.90 Å². The summed E-state index contributed by atoms with van der Waals surface area (Å²) in [5, 5.41) is 21.5. The molecule has 4 nitrogen and oxygen atoms in total. The Bertz CT molecular complexity index is 2450. The molecule has 0 aromatic heterocycles. The molecule has 58 heavy (non-hydrogen) atoms. The van der Waals surface area contributed by atoms with Gasteiger partial charge in [-0.25, -0.2) is 87.8 Å². The normalized spacial score (nSPS) is 11.3. The molecule has 310 valence electrons. The molecule has 0 radical (unpaired) electrons. The maximum absolute atomic E-state index is 15.8. The molecule has 0 spiro atoms. The molecule has 0 bridgehead atoms. The molecule has 5 aromatic rings. The Balaban J connectivity index is 0.00000178. The molecule has 0 aliphatic rings. The first kappa shape index (κ1) is 45.2. The molecule has 5 aromatic carbocycles. The number of rotatable bonds is 5. The van der Waals surface area contributed by atoms with Crippen molar-refractivity contribution in [2.45, 2.75) is 6.92 Å². The van der Waals surface area contributed by atoms with E-state index in [4.69, 9.17) is 15.1 Å². The summed E-state index contributed by atoms with van der Waals surface area (Å²) in [5.74, 6) is -61.6. The smallest absolute Gasteiger partial charge is 0.402 e. The first-order chi connectivity index (χ1) is 26.7. The number of hydrogen-bond acceptors (Lipinski definition) is 4. The van der Waals surface area contributed by atoms with Crippen molar-refractivity contribution >= 4 is 13.0 Å². The van der Waals surface area contributed by atoms with Crippen LogP contribution in [0, 0.1) is 123 Å². The zero-order chi connectivity index (χ0) is 44.5. The Morgan fingerprint density at radius 1 is 0.276 bits per heavy atom. The van der Waals surface area contributed by atoms with Crippen molar-refractivity contribution < 1.29 is 103 Å². The molecule has 25 heteroatoms. The second-order valence-electron chi connectivity index (χ2n) is 11.5. The lowest BCUT2D eigenvalue weighted by Gasteiger charge is -2.31. The number of nitrogens with zero attached hydrogens (tertiary/aromatic N) is 1. The zero-order valence-corrected chi connectivity index (χ0v) is 27.9. The Morgan fingerprint density at radius 2 is 0.431 bits per heavy atom. The van der Waals surface area contributed by atoms with Crippen molar-refractivity contribution in [3.63, 3.8) is 0 Å². The molecule has 3 N–H and O–H groups in total. The number of halogens is 20. The van der Waals surface area contributed by atoms with Gasteiger partial charge in [0.15, 0.2) is 93.1 Å². The van der Waals surface area contributed by atoms with Gasteiger partial charge in [-0.15, -0.1) is 0 Å². The van der Waals surface area contributed by atoms with E-state index in [1.54, 1.807) is 0 Å². The number of hydrogen-bond donors (Lipinski definition) is 3. The molecule has 0 aliphatic heterocycles. The quantitative estimate of drug-likeness (QED) is 0.0714. The minimum Gasteiger partial charge on any atom is -0.402 e. The van der Waals surface area contributed by atoms with E-state index < -0.39 is 179 Å². The SMILES string of the molecule is Cc1c(-c2c(F)c(F)c(F)c(F)c2F)c(-c2c(F)c(F)c(F)c(F)c2F)c(-c2c(F)c(F)c(F)c(F)c2F)c(-c2c(F)c(F)c(F)c(F)c2F)c1N(C)C.OB(O)O. The fourth-order valence-electron chi connectivity index (χ4n) is 5.77. The van der Waals surface area contributed by atoms with E-state index in [0.29, 0.717) is 25.9 Å². The van der Waals surface area contributed by atoms with Crippen LogP contribution in [0.3, 0.4) is 0 Å². The van der Waals surface area contributed by atoms with Crippen LogP contribution in [0.1, 0.15) is 5.56 Å². The summed E-state index contributed by atoms with van der Waals surface area (Å²) in [4.78, 5) is 0.343. The van der Waals surface area contributed by atoms with Gasteiger partial charge in [0.1, 0.15) is 0 Å². The Morgan fingerprint density at radius 3 is 0.638 bits per heavy atom. The van der Waals surface area contributed by atoms with Gasteiger partial charge in [-0.1, -0.05) is 0 Å². The van der Waals surface area contributed by atoms with Gasteiger partial charge < -0.3 is 20.0 Å². The Kier molecular flexibility index (Phi) is 12.5. The van der Waals surface area contributed by atoms with E-state index in [9.17, 15) is 52.7 Å². The van der Waals surface area contributed by atoms with E-state index in [0.717, 1.165) is 0 Å². The zero-order valence-electron chi connectivity index (χ0n) is 27.9. The summed E-state index contributed by atoms with van der Waals surface area (Å²) in [6.07, 6.45) is 0. The first-order valence-corrected chi connectivity index (χ1v) is 14.7. The van der Waals surface area contributed by atoms with Crippen LogP contribution in [0.4, 0.5) is 93.5 Å². The van der Waals surface area contributed by atoms with Crippen molar-refractivity contribution in [1.29, 1.82) is 0 Å². The largest absolute Gasteiger partial charge is 0.631 e. The predicted octanol–water partition coefficient (Wildman–Crippen LogP) is 9.46. The predicted molar refractivity (Wildman–Crippen MR) is 159 cm³/mol. The van der Waals surface area contributed by atoms with Crippen molar-refractivity contribution in [2.75, 3.05) is 19.0 Å². The van der Waals surface area contributed by atoms with Gasteiger partial charge in [0.2, 0.25) is 23.3 Å². The maximum Gasteiger partial charge on any atom is 0.631 e. The summed E-state index contributed by atoms with van der Waals surface area (Å²) < 4.78 is 300. The summed E-state index contributed by atoms with van der Waals surface area (Å²) >= 11 is 0. The van der Waals surface area contributed by atoms with E-state index in [1.165, 1.54) is 0 Å².